The zero-order chi connectivity index (χ0) is 17.2. The number of aliphatic hydroxyl groups is 1. The normalized spacial score (nSPS) is 24.0. The van der Waals surface area contributed by atoms with Gasteiger partial charge in [-0.05, 0) is 19.4 Å². The maximum Gasteiger partial charge on any atom is 0.222 e. The topological polar surface area (TPSA) is 78.2 Å². The van der Waals surface area contributed by atoms with E-state index in [4.69, 9.17) is 6.42 Å². The van der Waals surface area contributed by atoms with Crippen molar-refractivity contribution in [2.24, 2.45) is 10.2 Å². The summed E-state index contributed by atoms with van der Waals surface area (Å²) >= 11 is 0. The molecule has 1 atom stereocenters. The molecule has 1 aromatic heterocycles. The summed E-state index contributed by atoms with van der Waals surface area (Å²) < 4.78 is 0. The van der Waals surface area contributed by atoms with E-state index in [1.807, 2.05) is 19.1 Å². The summed E-state index contributed by atoms with van der Waals surface area (Å²) in [5.41, 5.74) is 0.230. The summed E-state index contributed by atoms with van der Waals surface area (Å²) in [6, 6.07) is 3.76. The minimum Gasteiger partial charge on any atom is -0.383 e. The average Bonchev–Trinajstić information content (AvgIpc) is 3.24. The van der Waals surface area contributed by atoms with Crippen molar-refractivity contribution in [1.29, 1.82) is 0 Å². The number of hydrogen-bond acceptors (Lipinski definition) is 5. The van der Waals surface area contributed by atoms with Gasteiger partial charge < -0.3 is 10.0 Å². The Hall–Kier alpha value is -2.26. The Morgan fingerprint density at radius 3 is 2.83 bits per heavy atom. The molecule has 3 heterocycles. The Balaban J connectivity index is 1.54. The molecule has 24 heavy (non-hydrogen) atoms. The number of carbonyl (C=O) groups is 1. The third kappa shape index (κ3) is 3.46. The van der Waals surface area contributed by atoms with E-state index in [9.17, 15) is 9.90 Å². The quantitative estimate of drug-likeness (QED) is 0.814. The molecule has 3 rings (SSSR count). The van der Waals surface area contributed by atoms with Crippen molar-refractivity contribution in [3.63, 3.8) is 0 Å². The fourth-order valence-corrected chi connectivity index (χ4v) is 3.12. The minimum absolute atomic E-state index is 0.0309. The van der Waals surface area contributed by atoms with Crippen molar-refractivity contribution < 1.29 is 9.90 Å². The van der Waals surface area contributed by atoms with Gasteiger partial charge in [0, 0.05) is 49.7 Å². The second kappa shape index (κ2) is 6.33. The first-order valence-corrected chi connectivity index (χ1v) is 8.27. The lowest BCUT2D eigenvalue weighted by Crippen LogP contribution is -2.35. The smallest absolute Gasteiger partial charge is 0.222 e. The minimum atomic E-state index is -1.01. The number of rotatable bonds is 6. The highest BCUT2D eigenvalue weighted by Gasteiger charge is 2.42. The van der Waals surface area contributed by atoms with E-state index in [-0.39, 0.29) is 5.91 Å². The first-order chi connectivity index (χ1) is 11.5. The van der Waals surface area contributed by atoms with Gasteiger partial charge in [-0.15, -0.1) is 12.3 Å². The molecule has 0 aromatic carbocycles. The molecule has 1 aromatic rings. The van der Waals surface area contributed by atoms with Gasteiger partial charge in [0.05, 0.1) is 6.54 Å². The number of aromatic nitrogens is 1. The average molecular weight is 326 g/mol. The van der Waals surface area contributed by atoms with Gasteiger partial charge in [0.2, 0.25) is 5.91 Å². The van der Waals surface area contributed by atoms with E-state index >= 15 is 0 Å². The second-order valence-corrected chi connectivity index (χ2v) is 6.67. The third-order valence-electron chi connectivity index (χ3n) is 4.84. The van der Waals surface area contributed by atoms with Gasteiger partial charge in [0.15, 0.2) is 5.66 Å². The van der Waals surface area contributed by atoms with Crippen LogP contribution >= 0.6 is 0 Å². The highest BCUT2D eigenvalue weighted by Crippen LogP contribution is 2.38. The monoisotopic (exact) mass is 326 g/mol. The molecule has 1 fully saturated rings. The van der Waals surface area contributed by atoms with Crippen LogP contribution in [0.2, 0.25) is 0 Å². The SMILES string of the molecule is C#CCCC1(CCC(=O)N2CCC(O)(c3ccc(C)nc3)C2)N=N1. The number of nitrogens with zero attached hydrogens (tertiary/aromatic N) is 4. The summed E-state index contributed by atoms with van der Waals surface area (Å²) in [6.07, 6.45) is 9.78. The van der Waals surface area contributed by atoms with Crippen LogP contribution in [0.1, 0.15) is 43.4 Å². The van der Waals surface area contributed by atoms with Crippen LogP contribution in [0.3, 0.4) is 0 Å². The van der Waals surface area contributed by atoms with E-state index < -0.39 is 11.3 Å². The van der Waals surface area contributed by atoms with Gasteiger partial charge in [0.1, 0.15) is 5.60 Å². The van der Waals surface area contributed by atoms with Crippen molar-refractivity contribution in [3.8, 4) is 12.3 Å². The maximum atomic E-state index is 12.4. The van der Waals surface area contributed by atoms with Gasteiger partial charge >= 0.3 is 0 Å². The number of carbonyl (C=O) groups excluding carboxylic acids is 1. The lowest BCUT2D eigenvalue weighted by Gasteiger charge is -2.24. The fourth-order valence-electron chi connectivity index (χ4n) is 3.12. The van der Waals surface area contributed by atoms with Crippen LogP contribution in [-0.2, 0) is 10.4 Å². The summed E-state index contributed by atoms with van der Waals surface area (Å²) in [6.45, 7) is 2.76. The standard InChI is InChI=1S/C18H22N4O2/c1-3-4-8-18(20-21-18)9-7-16(23)22-11-10-17(24,13-22)15-6-5-14(2)19-12-15/h1,5-6,12,24H,4,7-11,13H2,2H3. The Morgan fingerprint density at radius 2 is 2.21 bits per heavy atom. The van der Waals surface area contributed by atoms with Crippen LogP contribution in [0.25, 0.3) is 0 Å². The Bertz CT molecular complexity index is 686. The van der Waals surface area contributed by atoms with Crippen LogP contribution in [-0.4, -0.2) is 39.6 Å². The highest BCUT2D eigenvalue weighted by molar-refractivity contribution is 5.76. The molecule has 0 spiro atoms. The van der Waals surface area contributed by atoms with Crippen LogP contribution < -0.4 is 0 Å². The molecule has 1 saturated heterocycles. The summed E-state index contributed by atoms with van der Waals surface area (Å²) in [4.78, 5) is 18.4. The molecule has 126 valence electrons. The molecule has 0 bridgehead atoms. The third-order valence-corrected chi connectivity index (χ3v) is 4.84. The fraction of sp³-hybridized carbons (Fsp3) is 0.556. The van der Waals surface area contributed by atoms with Crippen LogP contribution in [0.5, 0.6) is 0 Å². The number of terminal acetylenes is 1. The number of pyridine rings is 1. The Kier molecular flexibility index (Phi) is 4.37. The first kappa shape index (κ1) is 16.6. The van der Waals surface area contributed by atoms with Crippen molar-refractivity contribution in [1.82, 2.24) is 9.88 Å². The predicted molar refractivity (Wildman–Crippen MR) is 89.0 cm³/mol. The van der Waals surface area contributed by atoms with Crippen molar-refractivity contribution in [2.45, 2.75) is 50.3 Å². The number of β-amino-alcohol motifs (C(OH)–C–C–N with tert-alkyl or cyclic N) is 1. The molecule has 6 nitrogen and oxygen atoms in total. The predicted octanol–water partition coefficient (Wildman–Crippen LogP) is 2.17. The molecule has 2 aliphatic rings. The van der Waals surface area contributed by atoms with E-state index in [1.165, 1.54) is 0 Å². The molecule has 2 aliphatic heterocycles. The first-order valence-electron chi connectivity index (χ1n) is 8.27. The molecule has 0 radical (unpaired) electrons. The van der Waals surface area contributed by atoms with Gasteiger partial charge in [-0.25, -0.2) is 0 Å². The van der Waals surface area contributed by atoms with Gasteiger partial charge in [0.25, 0.3) is 0 Å². The lowest BCUT2D eigenvalue weighted by molar-refractivity contribution is -0.131. The molecule has 1 unspecified atom stereocenters. The number of likely N-dealkylation sites (tertiary alicyclic amines) is 1. The molecule has 1 N–H and O–H groups in total. The molecule has 0 saturated carbocycles. The van der Waals surface area contributed by atoms with Gasteiger partial charge in [-0.3, -0.25) is 9.78 Å². The molecule has 0 aliphatic carbocycles. The molecular formula is C18H22N4O2. The second-order valence-electron chi connectivity index (χ2n) is 6.67. The van der Waals surface area contributed by atoms with Gasteiger partial charge in [-0.1, -0.05) is 6.07 Å². The summed E-state index contributed by atoms with van der Waals surface area (Å²) in [7, 11) is 0. The van der Waals surface area contributed by atoms with E-state index in [2.05, 4.69) is 21.1 Å². The van der Waals surface area contributed by atoms with E-state index in [1.54, 1.807) is 11.1 Å². The van der Waals surface area contributed by atoms with Crippen molar-refractivity contribution in [2.75, 3.05) is 13.1 Å². The van der Waals surface area contributed by atoms with E-state index in [0.717, 1.165) is 11.3 Å². The van der Waals surface area contributed by atoms with E-state index in [0.29, 0.717) is 45.2 Å². The highest BCUT2D eigenvalue weighted by atomic mass is 16.3. The van der Waals surface area contributed by atoms with Crippen LogP contribution in [0, 0.1) is 19.3 Å². The largest absolute Gasteiger partial charge is 0.383 e. The van der Waals surface area contributed by atoms with Crippen LogP contribution in [0.15, 0.2) is 28.6 Å². The van der Waals surface area contributed by atoms with Gasteiger partial charge in [-0.2, -0.15) is 10.2 Å². The maximum absolute atomic E-state index is 12.4. The number of amides is 1. The Labute approximate surface area is 142 Å². The lowest BCUT2D eigenvalue weighted by atomic mass is 9.94. The molecule has 1 amide bonds. The number of hydrogen-bond donors (Lipinski definition) is 1. The number of aryl methyl sites for hydroxylation is 1. The molecule has 6 heteroatoms. The van der Waals surface area contributed by atoms with Crippen LogP contribution in [0.4, 0.5) is 0 Å². The Morgan fingerprint density at radius 1 is 1.42 bits per heavy atom. The zero-order valence-electron chi connectivity index (χ0n) is 13.9. The van der Waals surface area contributed by atoms with Crippen molar-refractivity contribution in [3.05, 3.63) is 29.6 Å². The summed E-state index contributed by atoms with van der Waals surface area (Å²) in [5.74, 6) is 2.62. The van der Waals surface area contributed by atoms with Crippen molar-refractivity contribution >= 4 is 5.91 Å². The molecular weight excluding hydrogens is 304 g/mol. The zero-order valence-corrected chi connectivity index (χ0v) is 13.9. The summed E-state index contributed by atoms with van der Waals surface area (Å²) in [5, 5.41) is 18.9.